The van der Waals surface area contributed by atoms with Gasteiger partial charge in [0.25, 0.3) is 0 Å². The molecule has 0 heterocycles. The molecule has 30 heavy (non-hydrogen) atoms. The Hall–Kier alpha value is 0.543. The second-order valence-electron chi connectivity index (χ2n) is 14.0. The van der Waals surface area contributed by atoms with E-state index in [0.29, 0.717) is 10.8 Å². The summed E-state index contributed by atoms with van der Waals surface area (Å²) < 4.78 is 1.20. The molecule has 0 amide bonds. The van der Waals surface area contributed by atoms with Gasteiger partial charge in [0, 0.05) is 0 Å². The normalized spacial score (nSPS) is 47.1. The van der Waals surface area contributed by atoms with Gasteiger partial charge in [0.2, 0.25) is 0 Å². The van der Waals surface area contributed by atoms with Crippen LogP contribution in [0.5, 0.6) is 0 Å². The third kappa shape index (κ3) is 4.11. The molecule has 0 bridgehead atoms. The molecule has 4 aliphatic carbocycles. The van der Waals surface area contributed by atoms with Crippen LogP contribution in [0.2, 0.25) is 16.3 Å². The summed E-state index contributed by atoms with van der Waals surface area (Å²) in [4.78, 5) is 0. The molecule has 4 rings (SSSR count). The first kappa shape index (κ1) is 23.7. The van der Waals surface area contributed by atoms with E-state index in [4.69, 9.17) is 0 Å². The summed E-state index contributed by atoms with van der Waals surface area (Å²) >= 11 is -0.927. The van der Waals surface area contributed by atoms with Crippen LogP contribution in [0.1, 0.15) is 112 Å². The van der Waals surface area contributed by atoms with Crippen LogP contribution in [0.3, 0.4) is 0 Å². The first-order valence-electron chi connectivity index (χ1n) is 14.2. The SMILES string of the molecule is CC(C)CCC[C@@H](C)[C@H]1CC[C@H]2[C@@H]3CC[C@H]4C[C@@H]([GeH]([CH3])[CH3])CC[C@]4(C)[C@H]3CC[C@]12C. The van der Waals surface area contributed by atoms with Gasteiger partial charge < -0.3 is 0 Å². The van der Waals surface area contributed by atoms with Crippen molar-refractivity contribution in [3.05, 3.63) is 0 Å². The second kappa shape index (κ2) is 9.06. The molecular weight excluding hydrogens is 421 g/mol. The van der Waals surface area contributed by atoms with Crippen LogP contribution in [0, 0.1) is 52.3 Å². The second-order valence-corrected chi connectivity index (χ2v) is 21.2. The van der Waals surface area contributed by atoms with Crippen LogP contribution >= 0.6 is 0 Å². The Morgan fingerprint density at radius 3 is 2.20 bits per heavy atom. The standard InChI is InChI=1S/C29H54Ge/c1-20(2)9-8-10-21(3)25-13-14-26-24-12-11-22-19-23(30(6)7)15-17-28(22,4)27(24)16-18-29(25,26)5/h20-27,30H,8-19H2,1-7H3/t21-,22+,23+,24+,25-,26+,27+,28+,29-/m1/s1. The van der Waals surface area contributed by atoms with Crippen LogP contribution in [-0.2, 0) is 0 Å². The van der Waals surface area contributed by atoms with Crippen molar-refractivity contribution < 1.29 is 0 Å². The van der Waals surface area contributed by atoms with E-state index >= 15 is 0 Å². The molecule has 174 valence electrons. The van der Waals surface area contributed by atoms with Gasteiger partial charge >= 0.3 is 168 Å². The summed E-state index contributed by atoms with van der Waals surface area (Å²) in [6, 6.07) is 0. The molecule has 0 aromatic carbocycles. The Morgan fingerprint density at radius 1 is 0.800 bits per heavy atom. The summed E-state index contributed by atoms with van der Waals surface area (Å²) in [5, 5.41) is 0. The van der Waals surface area contributed by atoms with Crippen LogP contribution in [0.25, 0.3) is 0 Å². The van der Waals surface area contributed by atoms with Gasteiger partial charge in [-0.3, -0.25) is 0 Å². The van der Waals surface area contributed by atoms with Crippen molar-refractivity contribution in [1.29, 1.82) is 0 Å². The Morgan fingerprint density at radius 2 is 1.50 bits per heavy atom. The minimum absolute atomic E-state index is 0.673. The average molecular weight is 475 g/mol. The van der Waals surface area contributed by atoms with Gasteiger partial charge in [0.15, 0.2) is 0 Å². The van der Waals surface area contributed by atoms with E-state index in [0.717, 1.165) is 41.4 Å². The Kier molecular flexibility index (Phi) is 7.15. The van der Waals surface area contributed by atoms with Crippen molar-refractivity contribution in [3.63, 3.8) is 0 Å². The van der Waals surface area contributed by atoms with Crippen molar-refractivity contribution in [3.8, 4) is 0 Å². The fourth-order valence-electron chi connectivity index (χ4n) is 9.92. The molecule has 0 spiro atoms. The molecule has 0 radical (unpaired) electrons. The molecule has 0 aromatic heterocycles. The molecule has 4 aliphatic rings. The van der Waals surface area contributed by atoms with Gasteiger partial charge in [-0.05, 0) is 5.92 Å². The third-order valence-electron chi connectivity index (χ3n) is 11.9. The molecule has 0 saturated heterocycles. The molecule has 9 atom stereocenters. The maximum absolute atomic E-state index is 2.78. The van der Waals surface area contributed by atoms with Crippen molar-refractivity contribution in [2.24, 2.45) is 52.3 Å². The third-order valence-corrected chi connectivity index (χ3v) is 17.1. The minimum atomic E-state index is -0.927. The van der Waals surface area contributed by atoms with Crippen molar-refractivity contribution in [2.45, 2.75) is 128 Å². The predicted molar refractivity (Wildman–Crippen MR) is 136 cm³/mol. The van der Waals surface area contributed by atoms with Crippen molar-refractivity contribution >= 4 is 14.3 Å². The average Bonchev–Trinajstić information content (AvgIpc) is 3.04. The summed E-state index contributed by atoms with van der Waals surface area (Å²) in [7, 11) is 0. The Labute approximate surface area is 194 Å². The van der Waals surface area contributed by atoms with Gasteiger partial charge in [-0.2, -0.15) is 0 Å². The number of hydrogen-bond donors (Lipinski definition) is 0. The molecule has 0 nitrogen and oxygen atoms in total. The zero-order valence-electron chi connectivity index (χ0n) is 21.7. The first-order chi connectivity index (χ1) is 14.2. The number of hydrogen-bond acceptors (Lipinski definition) is 0. The molecule has 0 N–H and O–H groups in total. The zero-order valence-corrected chi connectivity index (χ0v) is 24.1. The van der Waals surface area contributed by atoms with Crippen LogP contribution < -0.4 is 0 Å². The van der Waals surface area contributed by atoms with E-state index < -0.39 is 14.3 Å². The van der Waals surface area contributed by atoms with E-state index in [1.807, 2.05) is 0 Å². The summed E-state index contributed by atoms with van der Waals surface area (Å²) in [6.45, 7) is 13.0. The van der Waals surface area contributed by atoms with Crippen molar-refractivity contribution in [1.82, 2.24) is 0 Å². The molecule has 1 heteroatoms. The van der Waals surface area contributed by atoms with Gasteiger partial charge in [0.1, 0.15) is 0 Å². The monoisotopic (exact) mass is 476 g/mol. The predicted octanol–water partition coefficient (Wildman–Crippen LogP) is 8.96. The molecule has 4 saturated carbocycles. The number of fused-ring (bicyclic) bond motifs is 5. The fraction of sp³-hybridized carbons (Fsp3) is 1.00. The Balaban J connectivity index is 1.45. The van der Waals surface area contributed by atoms with Crippen LogP contribution in [0.4, 0.5) is 0 Å². The summed E-state index contributed by atoms with van der Waals surface area (Å²) in [5.41, 5.74) is 1.38. The van der Waals surface area contributed by atoms with Gasteiger partial charge in [-0.15, -0.1) is 0 Å². The van der Waals surface area contributed by atoms with E-state index in [-0.39, 0.29) is 0 Å². The topological polar surface area (TPSA) is 0 Å². The number of rotatable bonds is 6. The molecule has 4 fully saturated rings. The van der Waals surface area contributed by atoms with Gasteiger partial charge in [0.05, 0.1) is 0 Å². The first-order valence-corrected chi connectivity index (χ1v) is 20.4. The Bertz CT molecular complexity index is 581. The van der Waals surface area contributed by atoms with E-state index in [2.05, 4.69) is 46.1 Å². The molecule has 0 unspecified atom stereocenters. The van der Waals surface area contributed by atoms with Crippen LogP contribution in [-0.4, -0.2) is 14.3 Å². The molecular formula is C29H54Ge. The molecule has 0 aliphatic heterocycles. The van der Waals surface area contributed by atoms with Crippen LogP contribution in [0.15, 0.2) is 0 Å². The summed E-state index contributed by atoms with van der Waals surface area (Å²) in [6.07, 6.45) is 18.7. The fourth-order valence-corrected chi connectivity index (χ4v) is 13.5. The van der Waals surface area contributed by atoms with Crippen molar-refractivity contribution in [2.75, 3.05) is 0 Å². The van der Waals surface area contributed by atoms with E-state index in [9.17, 15) is 0 Å². The summed E-state index contributed by atoms with van der Waals surface area (Å²) in [5.74, 6) is 12.5. The van der Waals surface area contributed by atoms with E-state index in [1.54, 1.807) is 57.8 Å². The van der Waals surface area contributed by atoms with E-state index in [1.165, 1.54) is 24.0 Å². The molecule has 0 aromatic rings. The maximum atomic E-state index is 2.78. The van der Waals surface area contributed by atoms with Gasteiger partial charge in [-0.1, -0.05) is 20.3 Å². The quantitative estimate of drug-likeness (QED) is 0.337. The van der Waals surface area contributed by atoms with Gasteiger partial charge in [-0.25, -0.2) is 0 Å². The zero-order chi connectivity index (χ0) is 21.7.